The Morgan fingerprint density at radius 2 is 1.86 bits per heavy atom. The number of hydrogen-bond acceptors (Lipinski definition) is 6. The van der Waals surface area contributed by atoms with Gasteiger partial charge in [-0.3, -0.25) is 4.79 Å². The van der Waals surface area contributed by atoms with Gasteiger partial charge in [0, 0.05) is 5.39 Å². The van der Waals surface area contributed by atoms with Crippen molar-refractivity contribution in [3.8, 4) is 23.1 Å². The van der Waals surface area contributed by atoms with Crippen molar-refractivity contribution in [3.63, 3.8) is 0 Å². The van der Waals surface area contributed by atoms with Crippen molar-refractivity contribution in [2.24, 2.45) is 5.10 Å². The molecule has 0 saturated carbocycles. The van der Waals surface area contributed by atoms with Crippen LogP contribution in [0.2, 0.25) is 0 Å². The van der Waals surface area contributed by atoms with Crippen molar-refractivity contribution in [2.75, 3.05) is 7.11 Å². The van der Waals surface area contributed by atoms with Gasteiger partial charge in [0.1, 0.15) is 5.58 Å². The summed E-state index contributed by atoms with van der Waals surface area (Å²) in [5.41, 5.74) is 1.75. The maximum atomic E-state index is 13.4. The van der Waals surface area contributed by atoms with Gasteiger partial charge >= 0.3 is 0 Å². The normalized spacial score (nSPS) is 12.4. The number of nitrogens with zero attached hydrogens (tertiary/aromatic N) is 3. The number of ether oxygens (including phenoxy) is 2. The van der Waals surface area contributed by atoms with Crippen LogP contribution in [0, 0.1) is 0 Å². The summed E-state index contributed by atoms with van der Waals surface area (Å²) in [6.07, 6.45) is 2.55. The average molecular weight is 468 g/mol. The molecule has 2 heterocycles. The van der Waals surface area contributed by atoms with Crippen LogP contribution in [0.15, 0.2) is 87.1 Å². The van der Waals surface area contributed by atoms with Crippen LogP contribution >= 0.6 is 0 Å². The van der Waals surface area contributed by atoms with Crippen LogP contribution < -0.4 is 15.0 Å². The van der Waals surface area contributed by atoms with Gasteiger partial charge in [-0.1, -0.05) is 37.3 Å². The van der Waals surface area contributed by atoms with E-state index in [-0.39, 0.29) is 11.7 Å². The lowest BCUT2D eigenvalue weighted by Gasteiger charge is -2.15. The van der Waals surface area contributed by atoms with Crippen molar-refractivity contribution >= 4 is 28.1 Å². The number of aromatic nitrogens is 2. The van der Waals surface area contributed by atoms with E-state index in [4.69, 9.17) is 18.9 Å². The van der Waals surface area contributed by atoms with Crippen LogP contribution in [0.4, 0.5) is 0 Å². The molecule has 35 heavy (non-hydrogen) atoms. The first-order valence-electron chi connectivity index (χ1n) is 11.5. The first kappa shape index (κ1) is 22.4. The van der Waals surface area contributed by atoms with E-state index in [9.17, 15) is 4.79 Å². The molecule has 176 valence electrons. The third kappa shape index (κ3) is 4.40. The molecule has 3 aromatic carbocycles. The molecular formula is C28H25N3O4. The maximum absolute atomic E-state index is 13.4. The highest BCUT2D eigenvalue weighted by molar-refractivity contribution is 5.85. The van der Waals surface area contributed by atoms with E-state index in [0.717, 1.165) is 17.4 Å². The lowest BCUT2D eigenvalue weighted by atomic mass is 10.2. The fourth-order valence-electron chi connectivity index (χ4n) is 3.77. The van der Waals surface area contributed by atoms with Crippen molar-refractivity contribution in [3.05, 3.63) is 88.7 Å². The monoisotopic (exact) mass is 467 g/mol. The molecule has 0 bridgehead atoms. The molecule has 5 aromatic rings. The number of rotatable bonds is 7. The zero-order chi connectivity index (χ0) is 24.4. The van der Waals surface area contributed by atoms with Gasteiger partial charge in [-0.25, -0.2) is 4.98 Å². The smallest absolute Gasteiger partial charge is 0.282 e. The van der Waals surface area contributed by atoms with Gasteiger partial charge in [0.05, 0.1) is 30.3 Å². The molecule has 7 heteroatoms. The molecule has 0 radical (unpaired) electrons. The van der Waals surface area contributed by atoms with Crippen LogP contribution in [0.3, 0.4) is 0 Å². The van der Waals surface area contributed by atoms with E-state index < -0.39 is 0 Å². The second-order valence-corrected chi connectivity index (χ2v) is 8.21. The molecule has 1 atom stereocenters. The topological polar surface area (TPSA) is 78.9 Å². The van der Waals surface area contributed by atoms with E-state index in [2.05, 4.69) is 12.0 Å². The van der Waals surface area contributed by atoms with E-state index in [1.54, 1.807) is 31.5 Å². The molecule has 0 N–H and O–H groups in total. The minimum absolute atomic E-state index is 0.0667. The first-order valence-corrected chi connectivity index (χ1v) is 11.5. The zero-order valence-corrected chi connectivity index (χ0v) is 19.8. The molecule has 0 spiro atoms. The Bertz CT molecular complexity index is 1570. The van der Waals surface area contributed by atoms with Gasteiger partial charge in [-0.05, 0) is 61.4 Å². The molecule has 0 fully saturated rings. The van der Waals surface area contributed by atoms with Gasteiger partial charge in [0.2, 0.25) is 5.82 Å². The minimum Gasteiger partial charge on any atom is -0.493 e. The molecular weight excluding hydrogens is 442 g/mol. The molecule has 0 unspecified atom stereocenters. The number of fused-ring (bicyclic) bond motifs is 2. The van der Waals surface area contributed by atoms with Gasteiger partial charge < -0.3 is 13.9 Å². The highest BCUT2D eigenvalue weighted by Crippen LogP contribution is 2.29. The number of benzene rings is 3. The Morgan fingerprint density at radius 3 is 2.66 bits per heavy atom. The fourth-order valence-corrected chi connectivity index (χ4v) is 3.77. The minimum atomic E-state index is -0.286. The molecule has 7 nitrogen and oxygen atoms in total. The van der Waals surface area contributed by atoms with Crippen molar-refractivity contribution in [1.82, 2.24) is 9.66 Å². The summed E-state index contributed by atoms with van der Waals surface area (Å²) in [6, 6.07) is 22.2. The summed E-state index contributed by atoms with van der Waals surface area (Å²) in [5, 5.41) is 5.91. The summed E-state index contributed by atoms with van der Waals surface area (Å²) in [4.78, 5) is 18.1. The zero-order valence-electron chi connectivity index (χ0n) is 19.8. The summed E-state index contributed by atoms with van der Waals surface area (Å²) in [7, 11) is 1.59. The predicted molar refractivity (Wildman–Crippen MR) is 138 cm³/mol. The van der Waals surface area contributed by atoms with Crippen LogP contribution in [-0.4, -0.2) is 29.1 Å². The number of para-hydroxylation sites is 2. The predicted octanol–water partition coefficient (Wildman–Crippen LogP) is 5.88. The lowest BCUT2D eigenvalue weighted by Crippen LogP contribution is -2.20. The second-order valence-electron chi connectivity index (χ2n) is 8.21. The molecule has 0 saturated heterocycles. The molecule has 2 aromatic heterocycles. The van der Waals surface area contributed by atoms with Gasteiger partial charge in [-0.2, -0.15) is 9.78 Å². The van der Waals surface area contributed by atoms with Crippen molar-refractivity contribution < 1.29 is 13.9 Å². The first-order chi connectivity index (χ1) is 17.1. The Hall–Kier alpha value is -4.39. The third-order valence-corrected chi connectivity index (χ3v) is 5.81. The molecule has 0 aliphatic rings. The molecule has 0 aliphatic carbocycles. The number of furan rings is 1. The maximum Gasteiger partial charge on any atom is 0.282 e. The van der Waals surface area contributed by atoms with Crippen LogP contribution in [0.1, 0.15) is 25.8 Å². The number of hydrogen-bond donors (Lipinski definition) is 0. The van der Waals surface area contributed by atoms with Crippen LogP contribution in [-0.2, 0) is 0 Å². The molecule has 5 rings (SSSR count). The molecule has 0 aliphatic heterocycles. The standard InChI is InChI=1S/C28H25N3O4/c1-4-18(2)34-24-14-13-19(15-25(24)33-3)17-29-31-27(26-16-20-9-5-8-12-23(20)35-26)30-22-11-7-6-10-21(22)28(31)32/h5-18H,4H2,1-3H3/t18-/m0/s1. The van der Waals surface area contributed by atoms with E-state index in [0.29, 0.717) is 39.6 Å². The third-order valence-electron chi connectivity index (χ3n) is 5.81. The van der Waals surface area contributed by atoms with Gasteiger partial charge in [0.25, 0.3) is 5.56 Å². The SMILES string of the molecule is CC[C@H](C)Oc1ccc(C=Nn2c(-c3cc4ccccc4o3)nc3ccccc3c2=O)cc1OC. The second kappa shape index (κ2) is 9.46. The van der Waals surface area contributed by atoms with E-state index in [1.807, 2.05) is 61.5 Å². The largest absolute Gasteiger partial charge is 0.493 e. The Morgan fingerprint density at radius 1 is 1.06 bits per heavy atom. The fraction of sp³-hybridized carbons (Fsp3) is 0.179. The molecule has 0 amide bonds. The lowest BCUT2D eigenvalue weighted by molar-refractivity contribution is 0.207. The van der Waals surface area contributed by atoms with Crippen LogP contribution in [0.5, 0.6) is 11.5 Å². The summed E-state index contributed by atoms with van der Waals surface area (Å²) in [5.74, 6) is 2.04. The van der Waals surface area contributed by atoms with Gasteiger partial charge in [0.15, 0.2) is 17.3 Å². The Kier molecular flexibility index (Phi) is 6.06. The summed E-state index contributed by atoms with van der Waals surface area (Å²) >= 11 is 0. The average Bonchev–Trinajstić information content (AvgIpc) is 3.33. The van der Waals surface area contributed by atoms with Crippen molar-refractivity contribution in [2.45, 2.75) is 26.4 Å². The number of methoxy groups -OCH3 is 1. The van der Waals surface area contributed by atoms with Gasteiger partial charge in [-0.15, -0.1) is 0 Å². The highest BCUT2D eigenvalue weighted by Gasteiger charge is 2.16. The van der Waals surface area contributed by atoms with Crippen molar-refractivity contribution in [1.29, 1.82) is 0 Å². The quantitative estimate of drug-likeness (QED) is 0.279. The Balaban J connectivity index is 1.61. The summed E-state index contributed by atoms with van der Waals surface area (Å²) in [6.45, 7) is 4.07. The Labute approximate surface area is 202 Å². The van der Waals surface area contributed by atoms with Crippen LogP contribution in [0.25, 0.3) is 33.5 Å². The van der Waals surface area contributed by atoms with E-state index >= 15 is 0 Å². The summed E-state index contributed by atoms with van der Waals surface area (Å²) < 4.78 is 18.7. The highest BCUT2D eigenvalue weighted by atomic mass is 16.5. The van der Waals surface area contributed by atoms with E-state index in [1.165, 1.54) is 4.68 Å².